The average molecular weight is 143 g/mol. The Labute approximate surface area is 58.5 Å². The van der Waals surface area contributed by atoms with Crippen molar-refractivity contribution in [3.8, 4) is 0 Å². The fourth-order valence-electron chi connectivity index (χ4n) is 0.831. The summed E-state index contributed by atoms with van der Waals surface area (Å²) < 4.78 is 4.42. The van der Waals surface area contributed by atoms with E-state index < -0.39 is 6.09 Å². The van der Waals surface area contributed by atoms with Gasteiger partial charge in [-0.3, -0.25) is 4.79 Å². The molecule has 1 N–H and O–H groups in total. The number of alkyl carbamates (subject to hydrolysis) is 1. The van der Waals surface area contributed by atoms with Gasteiger partial charge < -0.3 is 10.1 Å². The Morgan fingerprint density at radius 2 is 2.40 bits per heavy atom. The van der Waals surface area contributed by atoms with Crippen LogP contribution in [0.4, 0.5) is 4.79 Å². The molecule has 10 heavy (non-hydrogen) atoms. The number of rotatable bonds is 1. The molecule has 0 unspecified atom stereocenters. The summed E-state index contributed by atoms with van der Waals surface area (Å²) in [5, 5.41) is 2.41. The molecule has 0 aliphatic carbocycles. The second-order valence-corrected chi connectivity index (χ2v) is 2.15. The highest BCUT2D eigenvalue weighted by Crippen LogP contribution is 1.99. The summed E-state index contributed by atoms with van der Waals surface area (Å²) in [6.45, 7) is 1.76. The number of hydrogen-bond donors (Lipinski definition) is 1. The first kappa shape index (κ1) is 7.05. The Morgan fingerprint density at radius 3 is 2.90 bits per heavy atom. The van der Waals surface area contributed by atoms with Gasteiger partial charge in [0.15, 0.2) is 12.4 Å². The van der Waals surface area contributed by atoms with Crippen molar-refractivity contribution >= 4 is 11.9 Å². The quantitative estimate of drug-likeness (QED) is 0.565. The third-order valence-corrected chi connectivity index (χ3v) is 1.43. The lowest BCUT2D eigenvalue weighted by atomic mass is 10.1. The van der Waals surface area contributed by atoms with Crippen LogP contribution in [0.15, 0.2) is 0 Å². The second-order valence-electron chi connectivity index (χ2n) is 2.15. The molecule has 1 aliphatic rings. The largest absolute Gasteiger partial charge is 0.441 e. The zero-order chi connectivity index (χ0) is 7.56. The SMILES string of the molecule is CC[C@@H]1NC(=O)OCC1=O. The molecule has 0 aromatic carbocycles. The third kappa shape index (κ3) is 1.26. The number of cyclic esters (lactones) is 1. The van der Waals surface area contributed by atoms with Crippen LogP contribution < -0.4 is 5.32 Å². The number of nitrogens with one attached hydrogen (secondary N) is 1. The first-order valence-electron chi connectivity index (χ1n) is 3.20. The van der Waals surface area contributed by atoms with Gasteiger partial charge in [-0.05, 0) is 6.42 Å². The molecule has 56 valence electrons. The highest BCUT2D eigenvalue weighted by atomic mass is 16.6. The van der Waals surface area contributed by atoms with Crippen molar-refractivity contribution in [2.24, 2.45) is 0 Å². The highest BCUT2D eigenvalue weighted by Gasteiger charge is 2.25. The van der Waals surface area contributed by atoms with Crippen molar-refractivity contribution in [2.45, 2.75) is 19.4 Å². The van der Waals surface area contributed by atoms with E-state index in [1.807, 2.05) is 6.92 Å². The molecular formula is C6H9NO3. The number of Topliss-reactive ketones (excluding diaryl/α,β-unsaturated/α-hetero) is 1. The molecule has 4 nitrogen and oxygen atoms in total. The standard InChI is InChI=1S/C6H9NO3/c1-2-4-5(8)3-10-6(9)7-4/h4H,2-3H2,1H3,(H,7,9)/t4-/m0/s1. The zero-order valence-corrected chi connectivity index (χ0v) is 5.72. The molecule has 1 heterocycles. The third-order valence-electron chi connectivity index (χ3n) is 1.43. The van der Waals surface area contributed by atoms with Gasteiger partial charge in [-0.15, -0.1) is 0 Å². The van der Waals surface area contributed by atoms with Crippen molar-refractivity contribution < 1.29 is 14.3 Å². The van der Waals surface area contributed by atoms with E-state index in [9.17, 15) is 9.59 Å². The molecule has 1 atom stereocenters. The number of ether oxygens (including phenoxy) is 1. The fourth-order valence-corrected chi connectivity index (χ4v) is 0.831. The van der Waals surface area contributed by atoms with Crippen molar-refractivity contribution in [3.05, 3.63) is 0 Å². The van der Waals surface area contributed by atoms with Gasteiger partial charge in [0.25, 0.3) is 0 Å². The monoisotopic (exact) mass is 143 g/mol. The van der Waals surface area contributed by atoms with Gasteiger partial charge in [-0.1, -0.05) is 6.92 Å². The van der Waals surface area contributed by atoms with E-state index in [1.54, 1.807) is 0 Å². The van der Waals surface area contributed by atoms with Gasteiger partial charge in [0.2, 0.25) is 0 Å². The van der Waals surface area contributed by atoms with Crippen LogP contribution >= 0.6 is 0 Å². The smallest absolute Gasteiger partial charge is 0.408 e. The average Bonchev–Trinajstić information content (AvgIpc) is 1.94. The summed E-state index contributed by atoms with van der Waals surface area (Å²) in [7, 11) is 0. The molecule has 1 saturated heterocycles. The Hall–Kier alpha value is -1.06. The molecule has 0 saturated carbocycles. The fraction of sp³-hybridized carbons (Fsp3) is 0.667. The van der Waals surface area contributed by atoms with Crippen LogP contribution in [-0.4, -0.2) is 24.5 Å². The number of ketones is 1. The normalized spacial score (nSPS) is 25.5. The topological polar surface area (TPSA) is 55.4 Å². The summed E-state index contributed by atoms with van der Waals surface area (Å²) in [4.78, 5) is 21.3. The van der Waals surface area contributed by atoms with Crippen LogP contribution in [0.25, 0.3) is 0 Å². The van der Waals surface area contributed by atoms with Crippen molar-refractivity contribution in [3.63, 3.8) is 0 Å². The molecular weight excluding hydrogens is 134 g/mol. The number of carbonyl (C=O) groups excluding carboxylic acids is 2. The maximum absolute atomic E-state index is 10.8. The number of hydrogen-bond acceptors (Lipinski definition) is 3. The zero-order valence-electron chi connectivity index (χ0n) is 5.72. The first-order valence-corrected chi connectivity index (χ1v) is 3.20. The summed E-state index contributed by atoms with van der Waals surface area (Å²) in [6, 6.07) is -0.332. The van der Waals surface area contributed by atoms with Crippen molar-refractivity contribution in [2.75, 3.05) is 6.61 Å². The minimum atomic E-state index is -0.494. The molecule has 0 aromatic heterocycles. The van der Waals surface area contributed by atoms with Crippen molar-refractivity contribution in [1.82, 2.24) is 5.32 Å². The van der Waals surface area contributed by atoms with Gasteiger partial charge in [-0.25, -0.2) is 4.79 Å². The molecule has 0 radical (unpaired) electrons. The Bertz CT molecular complexity index is 166. The summed E-state index contributed by atoms with van der Waals surface area (Å²) in [6.07, 6.45) is 0.139. The van der Waals surface area contributed by atoms with Gasteiger partial charge in [0.1, 0.15) is 0 Å². The number of amides is 1. The van der Waals surface area contributed by atoms with E-state index in [-0.39, 0.29) is 18.4 Å². The van der Waals surface area contributed by atoms with E-state index in [4.69, 9.17) is 0 Å². The molecule has 0 aromatic rings. The van der Waals surface area contributed by atoms with Crippen LogP contribution in [0, 0.1) is 0 Å². The molecule has 1 aliphatic heterocycles. The Balaban J connectivity index is 2.53. The van der Waals surface area contributed by atoms with E-state index in [2.05, 4.69) is 10.1 Å². The molecule has 1 amide bonds. The lowest BCUT2D eigenvalue weighted by molar-refractivity contribution is -0.125. The second kappa shape index (κ2) is 2.68. The summed E-state index contributed by atoms with van der Waals surface area (Å²) in [5.41, 5.74) is 0. The highest BCUT2D eigenvalue weighted by molar-refractivity contribution is 5.92. The van der Waals surface area contributed by atoms with Crippen LogP contribution in [-0.2, 0) is 9.53 Å². The van der Waals surface area contributed by atoms with E-state index in [0.717, 1.165) is 0 Å². The van der Waals surface area contributed by atoms with Gasteiger partial charge in [-0.2, -0.15) is 0 Å². The minimum absolute atomic E-state index is 0.0536. The van der Waals surface area contributed by atoms with Crippen LogP contribution in [0.5, 0.6) is 0 Å². The van der Waals surface area contributed by atoms with Crippen LogP contribution in [0.3, 0.4) is 0 Å². The Morgan fingerprint density at radius 1 is 1.70 bits per heavy atom. The molecule has 1 rings (SSSR count). The van der Waals surface area contributed by atoms with Gasteiger partial charge >= 0.3 is 6.09 Å². The van der Waals surface area contributed by atoms with E-state index in [1.165, 1.54) is 0 Å². The molecule has 1 fully saturated rings. The predicted molar refractivity (Wildman–Crippen MR) is 33.6 cm³/mol. The van der Waals surface area contributed by atoms with Crippen molar-refractivity contribution in [1.29, 1.82) is 0 Å². The maximum atomic E-state index is 10.8. The molecule has 4 heteroatoms. The Kier molecular flexibility index (Phi) is 1.89. The summed E-state index contributed by atoms with van der Waals surface area (Å²) in [5.74, 6) is -0.0536. The first-order chi connectivity index (χ1) is 4.74. The lowest BCUT2D eigenvalue weighted by Gasteiger charge is -2.20. The van der Waals surface area contributed by atoms with Gasteiger partial charge in [0, 0.05) is 0 Å². The summed E-state index contributed by atoms with van der Waals surface area (Å²) >= 11 is 0. The minimum Gasteiger partial charge on any atom is -0.441 e. The lowest BCUT2D eigenvalue weighted by Crippen LogP contribution is -2.47. The maximum Gasteiger partial charge on any atom is 0.408 e. The predicted octanol–water partition coefficient (Wildman–Crippen LogP) is 0.0739. The van der Waals surface area contributed by atoms with Crippen LogP contribution in [0.2, 0.25) is 0 Å². The van der Waals surface area contributed by atoms with E-state index in [0.29, 0.717) is 6.42 Å². The van der Waals surface area contributed by atoms with Crippen LogP contribution in [0.1, 0.15) is 13.3 Å². The molecule has 0 spiro atoms. The molecule has 0 bridgehead atoms. The van der Waals surface area contributed by atoms with Gasteiger partial charge in [0.05, 0.1) is 6.04 Å². The number of carbonyl (C=O) groups is 2. The van der Waals surface area contributed by atoms with E-state index >= 15 is 0 Å².